The molecule has 4 nitrogen and oxygen atoms in total. The number of Topliss-reactive ketones (excluding diaryl/α,β-unsaturated/α-hetero) is 1. The van der Waals surface area contributed by atoms with Crippen LogP contribution in [0.1, 0.15) is 40.9 Å². The lowest BCUT2D eigenvalue weighted by molar-refractivity contribution is 0.0916. The Morgan fingerprint density at radius 2 is 1.75 bits per heavy atom. The number of nitrogens with zero attached hydrogens (tertiary/aromatic N) is 3. The number of carbonyl (C=O) groups is 1. The van der Waals surface area contributed by atoms with Gasteiger partial charge in [0, 0.05) is 22.3 Å². The molecule has 1 aliphatic heterocycles. The number of hydrogen-bond donors (Lipinski definition) is 0. The van der Waals surface area contributed by atoms with E-state index < -0.39 is 0 Å². The molecule has 0 atom stereocenters. The Labute approximate surface area is 166 Å². The van der Waals surface area contributed by atoms with Gasteiger partial charge in [-0.15, -0.1) is 0 Å². The molecule has 1 saturated heterocycles. The van der Waals surface area contributed by atoms with Crippen LogP contribution in [0.5, 0.6) is 0 Å². The zero-order valence-corrected chi connectivity index (χ0v) is 16.5. The maximum absolute atomic E-state index is 13.3. The zero-order chi connectivity index (χ0) is 19.7. The number of likely N-dealkylation sites (tertiary alicyclic amines) is 1. The summed E-state index contributed by atoms with van der Waals surface area (Å²) in [5.74, 6) is 0.199. The van der Waals surface area contributed by atoms with E-state index in [4.69, 9.17) is 6.57 Å². The average Bonchev–Trinajstić information content (AvgIpc) is 3.00. The number of hydrogen-bond acceptors (Lipinski definition) is 2. The summed E-state index contributed by atoms with van der Waals surface area (Å²) in [6, 6.07) is 13.9. The molecule has 3 aromatic rings. The molecule has 1 fully saturated rings. The Morgan fingerprint density at radius 1 is 1.04 bits per heavy atom. The van der Waals surface area contributed by atoms with E-state index in [0.29, 0.717) is 12.2 Å². The van der Waals surface area contributed by atoms with E-state index in [9.17, 15) is 4.79 Å². The SMILES string of the molecule is [C-]#[N+]c1ccc(-n2c(C)c(C(=O)CN3CCCCC3)c3ccc(C)cc32)cc1. The van der Waals surface area contributed by atoms with Crippen molar-refractivity contribution >= 4 is 22.4 Å². The summed E-state index contributed by atoms with van der Waals surface area (Å²) < 4.78 is 2.15. The van der Waals surface area contributed by atoms with E-state index >= 15 is 0 Å². The van der Waals surface area contributed by atoms with Crippen molar-refractivity contribution in [1.82, 2.24) is 9.47 Å². The van der Waals surface area contributed by atoms with Gasteiger partial charge in [0.25, 0.3) is 0 Å². The molecule has 0 radical (unpaired) electrons. The maximum Gasteiger partial charge on any atom is 0.187 e. The summed E-state index contributed by atoms with van der Waals surface area (Å²) in [5, 5.41) is 1.01. The van der Waals surface area contributed by atoms with Crippen LogP contribution in [0.25, 0.3) is 21.4 Å². The van der Waals surface area contributed by atoms with Crippen LogP contribution in [0.2, 0.25) is 0 Å². The molecule has 28 heavy (non-hydrogen) atoms. The highest BCUT2D eigenvalue weighted by atomic mass is 16.1. The van der Waals surface area contributed by atoms with Crippen molar-refractivity contribution in [3.8, 4) is 5.69 Å². The monoisotopic (exact) mass is 371 g/mol. The van der Waals surface area contributed by atoms with Crippen molar-refractivity contribution in [1.29, 1.82) is 0 Å². The first-order valence-corrected chi connectivity index (χ1v) is 9.93. The number of fused-ring (bicyclic) bond motifs is 1. The number of rotatable bonds is 4. The van der Waals surface area contributed by atoms with E-state index in [0.717, 1.165) is 40.9 Å². The first-order valence-electron chi connectivity index (χ1n) is 9.93. The third-order valence-corrected chi connectivity index (χ3v) is 5.69. The second-order valence-electron chi connectivity index (χ2n) is 7.70. The minimum Gasteiger partial charge on any atom is -0.313 e. The fourth-order valence-corrected chi connectivity index (χ4v) is 4.29. The predicted molar refractivity (Wildman–Crippen MR) is 114 cm³/mol. The standard InChI is InChI=1S/C24H25N3O/c1-17-7-12-21-22(15-17)27(20-10-8-19(25-3)9-11-20)18(2)24(21)23(28)16-26-13-5-4-6-14-26/h7-12,15H,4-6,13-14,16H2,1-2H3. The normalized spacial score (nSPS) is 14.9. The van der Waals surface area contributed by atoms with Crippen molar-refractivity contribution in [3.63, 3.8) is 0 Å². The third-order valence-electron chi connectivity index (χ3n) is 5.69. The van der Waals surface area contributed by atoms with Crippen LogP contribution in [0.3, 0.4) is 0 Å². The fourth-order valence-electron chi connectivity index (χ4n) is 4.29. The molecular formula is C24H25N3O. The molecule has 0 amide bonds. The molecule has 0 saturated carbocycles. The number of benzene rings is 2. The van der Waals surface area contributed by atoms with Gasteiger partial charge < -0.3 is 4.57 Å². The summed E-state index contributed by atoms with van der Waals surface area (Å²) in [6.45, 7) is 13.8. The summed E-state index contributed by atoms with van der Waals surface area (Å²) in [7, 11) is 0. The summed E-state index contributed by atoms with van der Waals surface area (Å²) in [5.41, 5.74) is 5.62. The number of piperidine rings is 1. The van der Waals surface area contributed by atoms with Gasteiger partial charge in [0.05, 0.1) is 18.6 Å². The summed E-state index contributed by atoms with van der Waals surface area (Å²) in [4.78, 5) is 19.1. The molecule has 4 rings (SSSR count). The Bertz CT molecular complexity index is 1060. The van der Waals surface area contributed by atoms with Gasteiger partial charge in [-0.1, -0.05) is 30.7 Å². The van der Waals surface area contributed by atoms with Crippen LogP contribution in [0, 0.1) is 20.4 Å². The van der Waals surface area contributed by atoms with E-state index in [-0.39, 0.29) is 5.78 Å². The van der Waals surface area contributed by atoms with Gasteiger partial charge in [-0.25, -0.2) is 4.85 Å². The van der Waals surface area contributed by atoms with Gasteiger partial charge in [-0.05, 0) is 63.5 Å². The van der Waals surface area contributed by atoms with Gasteiger partial charge in [-0.2, -0.15) is 0 Å². The molecule has 0 bridgehead atoms. The molecule has 0 spiro atoms. The van der Waals surface area contributed by atoms with Gasteiger partial charge in [0.15, 0.2) is 11.5 Å². The maximum atomic E-state index is 13.3. The largest absolute Gasteiger partial charge is 0.313 e. The molecule has 1 aromatic heterocycles. The molecule has 0 unspecified atom stereocenters. The zero-order valence-electron chi connectivity index (χ0n) is 16.5. The van der Waals surface area contributed by atoms with Crippen molar-refractivity contribution in [2.45, 2.75) is 33.1 Å². The van der Waals surface area contributed by atoms with E-state index in [1.54, 1.807) is 0 Å². The van der Waals surface area contributed by atoms with Crippen molar-refractivity contribution < 1.29 is 4.79 Å². The minimum absolute atomic E-state index is 0.199. The molecule has 1 aliphatic rings. The Morgan fingerprint density at radius 3 is 2.43 bits per heavy atom. The second kappa shape index (κ2) is 7.61. The number of ketones is 1. The molecule has 142 valence electrons. The van der Waals surface area contributed by atoms with Crippen LogP contribution in [-0.4, -0.2) is 34.9 Å². The van der Waals surface area contributed by atoms with Crippen LogP contribution >= 0.6 is 0 Å². The van der Waals surface area contributed by atoms with Gasteiger partial charge in [0.1, 0.15) is 0 Å². The fraction of sp³-hybridized carbons (Fsp3) is 0.333. The predicted octanol–water partition coefficient (Wildman–Crippen LogP) is 5.47. The topological polar surface area (TPSA) is 29.6 Å². The highest BCUT2D eigenvalue weighted by Gasteiger charge is 2.23. The average molecular weight is 371 g/mol. The van der Waals surface area contributed by atoms with Crippen molar-refractivity contribution in [2.75, 3.05) is 19.6 Å². The smallest absolute Gasteiger partial charge is 0.187 e. The minimum atomic E-state index is 0.199. The number of carbonyl (C=O) groups excluding carboxylic acids is 1. The van der Waals surface area contributed by atoms with Crippen LogP contribution < -0.4 is 0 Å². The highest BCUT2D eigenvalue weighted by molar-refractivity contribution is 6.11. The van der Waals surface area contributed by atoms with Crippen LogP contribution in [-0.2, 0) is 0 Å². The second-order valence-corrected chi connectivity index (χ2v) is 7.70. The summed E-state index contributed by atoms with van der Waals surface area (Å²) >= 11 is 0. The number of aromatic nitrogens is 1. The molecular weight excluding hydrogens is 346 g/mol. The van der Waals surface area contributed by atoms with Gasteiger partial charge >= 0.3 is 0 Å². The van der Waals surface area contributed by atoms with Gasteiger partial charge in [0.2, 0.25) is 0 Å². The van der Waals surface area contributed by atoms with E-state index in [1.165, 1.54) is 24.8 Å². The molecule has 4 heteroatoms. The molecule has 2 heterocycles. The molecule has 0 N–H and O–H groups in total. The lowest BCUT2D eigenvalue weighted by Gasteiger charge is -2.25. The molecule has 0 aliphatic carbocycles. The van der Waals surface area contributed by atoms with Gasteiger partial charge in [-0.3, -0.25) is 9.69 Å². The van der Waals surface area contributed by atoms with Crippen molar-refractivity contribution in [3.05, 3.63) is 70.7 Å². The third kappa shape index (κ3) is 3.34. The Kier molecular flexibility index (Phi) is 5.02. The first kappa shape index (κ1) is 18.5. The summed E-state index contributed by atoms with van der Waals surface area (Å²) in [6.07, 6.45) is 3.63. The van der Waals surface area contributed by atoms with Crippen LogP contribution in [0.4, 0.5) is 5.69 Å². The number of aryl methyl sites for hydroxylation is 1. The van der Waals surface area contributed by atoms with Crippen LogP contribution in [0.15, 0.2) is 42.5 Å². The lowest BCUT2D eigenvalue weighted by Crippen LogP contribution is -2.34. The lowest BCUT2D eigenvalue weighted by atomic mass is 10.0. The van der Waals surface area contributed by atoms with E-state index in [2.05, 4.69) is 39.4 Å². The first-order chi connectivity index (χ1) is 13.6. The van der Waals surface area contributed by atoms with Crippen molar-refractivity contribution in [2.24, 2.45) is 0 Å². The Hall–Kier alpha value is -2.90. The molecule has 2 aromatic carbocycles. The van der Waals surface area contributed by atoms with E-state index in [1.807, 2.05) is 31.2 Å². The highest BCUT2D eigenvalue weighted by Crippen LogP contribution is 2.31. The Balaban J connectivity index is 1.81. The quantitative estimate of drug-likeness (QED) is 0.450.